The van der Waals surface area contributed by atoms with Crippen LogP contribution in [0.2, 0.25) is 0 Å². The fourth-order valence-electron chi connectivity index (χ4n) is 1.57. The number of methoxy groups -OCH3 is 1. The topological polar surface area (TPSA) is 44.8 Å². The molecule has 0 N–H and O–H groups in total. The van der Waals surface area contributed by atoms with Crippen molar-refractivity contribution in [2.75, 3.05) is 7.11 Å². The Hall–Kier alpha value is -1.49. The average molecular weight is 292 g/mol. The van der Waals surface area contributed by atoms with Gasteiger partial charge in [0.05, 0.1) is 0 Å². The maximum atomic E-state index is 12.0. The zero-order chi connectivity index (χ0) is 15.7. The van der Waals surface area contributed by atoms with Crippen molar-refractivity contribution in [3.63, 3.8) is 0 Å². The fourth-order valence-corrected chi connectivity index (χ4v) is 1.57. The summed E-state index contributed by atoms with van der Waals surface area (Å²) in [5.41, 5.74) is 0.655. The molecule has 21 heavy (non-hydrogen) atoms. The van der Waals surface area contributed by atoms with Gasteiger partial charge in [0.1, 0.15) is 6.10 Å². The minimum absolute atomic E-state index is 0.0497. The van der Waals surface area contributed by atoms with Gasteiger partial charge in [0.2, 0.25) is 0 Å². The highest BCUT2D eigenvalue weighted by Crippen LogP contribution is 2.14. The molecule has 4 heteroatoms. The van der Waals surface area contributed by atoms with Crippen molar-refractivity contribution in [3.8, 4) is 0 Å². The van der Waals surface area contributed by atoms with Crippen molar-refractivity contribution in [2.45, 2.75) is 45.5 Å². The molecule has 0 aliphatic rings. The Morgan fingerprint density at radius 1 is 1.29 bits per heavy atom. The second kappa shape index (κ2) is 8.72. The number of allylic oxidation sites excluding steroid dienone is 1. The first-order chi connectivity index (χ1) is 9.98. The predicted octanol–water partition coefficient (Wildman–Crippen LogP) is 3.92. The molecule has 0 spiro atoms. The van der Waals surface area contributed by atoms with Crippen LogP contribution in [0.15, 0.2) is 42.5 Å². The van der Waals surface area contributed by atoms with Crippen molar-refractivity contribution in [3.05, 3.63) is 48.0 Å². The van der Waals surface area contributed by atoms with E-state index in [9.17, 15) is 4.79 Å². The van der Waals surface area contributed by atoms with Crippen LogP contribution in [0.25, 0.3) is 0 Å². The minimum atomic E-state index is -0.816. The van der Waals surface area contributed by atoms with Gasteiger partial charge in [-0.15, -0.1) is 0 Å². The van der Waals surface area contributed by atoms with E-state index in [-0.39, 0.29) is 11.9 Å². The normalized spacial score (nSPS) is 13.5. The molecule has 0 heterocycles. The SMILES string of the molecule is CCCC(/C=C\C(=O)c1ccccc1)OOC(C)(C)OC. The average Bonchev–Trinajstić information content (AvgIpc) is 2.50. The molecule has 0 aromatic heterocycles. The summed E-state index contributed by atoms with van der Waals surface area (Å²) in [6, 6.07) is 9.13. The summed E-state index contributed by atoms with van der Waals surface area (Å²) in [6.45, 7) is 5.56. The lowest BCUT2D eigenvalue weighted by molar-refractivity contribution is -0.425. The molecular formula is C17H24O4. The van der Waals surface area contributed by atoms with Crippen LogP contribution >= 0.6 is 0 Å². The molecule has 0 amide bonds. The quantitative estimate of drug-likeness (QED) is 0.227. The van der Waals surface area contributed by atoms with Gasteiger partial charge < -0.3 is 4.74 Å². The highest BCUT2D eigenvalue weighted by molar-refractivity contribution is 6.04. The Kier molecular flexibility index (Phi) is 7.29. The van der Waals surface area contributed by atoms with E-state index in [1.165, 1.54) is 6.08 Å². The molecule has 4 nitrogen and oxygen atoms in total. The first-order valence-electron chi connectivity index (χ1n) is 7.15. The van der Waals surface area contributed by atoms with Gasteiger partial charge in [0, 0.05) is 12.7 Å². The molecule has 0 radical (unpaired) electrons. The van der Waals surface area contributed by atoms with E-state index < -0.39 is 5.79 Å². The molecule has 0 fully saturated rings. The first kappa shape index (κ1) is 17.6. The number of ether oxygens (including phenoxy) is 1. The van der Waals surface area contributed by atoms with Crippen molar-refractivity contribution in [1.82, 2.24) is 0 Å². The molecule has 0 saturated heterocycles. The Morgan fingerprint density at radius 3 is 2.52 bits per heavy atom. The van der Waals surface area contributed by atoms with Crippen LogP contribution in [0.3, 0.4) is 0 Å². The summed E-state index contributed by atoms with van der Waals surface area (Å²) in [5.74, 6) is -0.866. The van der Waals surface area contributed by atoms with E-state index in [0.29, 0.717) is 5.56 Å². The third-order valence-corrected chi connectivity index (χ3v) is 2.96. The summed E-state index contributed by atoms with van der Waals surface area (Å²) < 4.78 is 5.12. The van der Waals surface area contributed by atoms with Crippen LogP contribution in [0.5, 0.6) is 0 Å². The van der Waals surface area contributed by atoms with Crippen molar-refractivity contribution in [2.24, 2.45) is 0 Å². The van der Waals surface area contributed by atoms with Gasteiger partial charge in [-0.25, -0.2) is 9.78 Å². The minimum Gasteiger partial charge on any atom is -0.351 e. The van der Waals surface area contributed by atoms with Gasteiger partial charge in [0.15, 0.2) is 11.6 Å². The summed E-state index contributed by atoms with van der Waals surface area (Å²) in [6.07, 6.45) is 4.66. The molecular weight excluding hydrogens is 268 g/mol. The number of hydrogen-bond donors (Lipinski definition) is 0. The molecule has 1 aromatic rings. The Balaban J connectivity index is 2.61. The van der Waals surface area contributed by atoms with E-state index in [1.54, 1.807) is 39.2 Å². The van der Waals surface area contributed by atoms with Gasteiger partial charge in [-0.05, 0) is 32.4 Å². The summed E-state index contributed by atoms with van der Waals surface area (Å²) in [5, 5.41) is 0. The van der Waals surface area contributed by atoms with Crippen LogP contribution in [0, 0.1) is 0 Å². The smallest absolute Gasteiger partial charge is 0.195 e. The lowest BCUT2D eigenvalue weighted by Gasteiger charge is -2.24. The number of benzene rings is 1. The van der Waals surface area contributed by atoms with Gasteiger partial charge in [-0.2, -0.15) is 0 Å². The number of hydrogen-bond acceptors (Lipinski definition) is 4. The third-order valence-electron chi connectivity index (χ3n) is 2.96. The maximum absolute atomic E-state index is 12.0. The second-order valence-electron chi connectivity index (χ2n) is 5.20. The van der Waals surface area contributed by atoms with E-state index >= 15 is 0 Å². The number of carbonyl (C=O) groups is 1. The molecule has 0 aliphatic heterocycles. The Bertz CT molecular complexity index is 451. The summed E-state index contributed by atoms with van der Waals surface area (Å²) in [7, 11) is 1.55. The molecule has 0 saturated carbocycles. The predicted molar refractivity (Wildman–Crippen MR) is 81.9 cm³/mol. The van der Waals surface area contributed by atoms with Gasteiger partial charge >= 0.3 is 0 Å². The first-order valence-corrected chi connectivity index (χ1v) is 7.15. The van der Waals surface area contributed by atoms with Gasteiger partial charge in [-0.1, -0.05) is 43.7 Å². The fraction of sp³-hybridized carbons (Fsp3) is 0.471. The van der Waals surface area contributed by atoms with E-state index in [0.717, 1.165) is 12.8 Å². The van der Waals surface area contributed by atoms with E-state index in [1.807, 2.05) is 25.1 Å². The molecule has 1 atom stereocenters. The molecule has 1 aromatic carbocycles. The summed E-state index contributed by atoms with van der Waals surface area (Å²) in [4.78, 5) is 22.6. The Labute approximate surface area is 126 Å². The lowest BCUT2D eigenvalue weighted by Crippen LogP contribution is -2.29. The monoisotopic (exact) mass is 292 g/mol. The largest absolute Gasteiger partial charge is 0.351 e. The molecule has 1 unspecified atom stereocenters. The highest BCUT2D eigenvalue weighted by atomic mass is 17.2. The zero-order valence-corrected chi connectivity index (χ0v) is 13.2. The highest BCUT2D eigenvalue weighted by Gasteiger charge is 2.20. The molecule has 1 rings (SSSR count). The number of ketones is 1. The lowest BCUT2D eigenvalue weighted by atomic mass is 10.1. The second-order valence-corrected chi connectivity index (χ2v) is 5.20. The number of carbonyl (C=O) groups excluding carboxylic acids is 1. The van der Waals surface area contributed by atoms with Crippen molar-refractivity contribution in [1.29, 1.82) is 0 Å². The maximum Gasteiger partial charge on any atom is 0.195 e. The van der Waals surface area contributed by atoms with Crippen LogP contribution in [-0.2, 0) is 14.5 Å². The van der Waals surface area contributed by atoms with Crippen LogP contribution in [-0.4, -0.2) is 24.8 Å². The molecule has 0 aliphatic carbocycles. The van der Waals surface area contributed by atoms with Crippen LogP contribution in [0.4, 0.5) is 0 Å². The van der Waals surface area contributed by atoms with Gasteiger partial charge in [0.25, 0.3) is 0 Å². The van der Waals surface area contributed by atoms with Crippen LogP contribution in [0.1, 0.15) is 44.0 Å². The molecule has 116 valence electrons. The standard InChI is InChI=1S/C17H24O4/c1-5-9-15(20-21-17(2,3)19-4)12-13-16(18)14-10-7-6-8-11-14/h6-8,10-13,15H,5,9H2,1-4H3/b13-12-. The third kappa shape index (κ3) is 6.67. The van der Waals surface area contributed by atoms with Crippen LogP contribution < -0.4 is 0 Å². The zero-order valence-electron chi connectivity index (χ0n) is 13.2. The number of rotatable bonds is 9. The van der Waals surface area contributed by atoms with E-state index in [4.69, 9.17) is 14.5 Å². The van der Waals surface area contributed by atoms with E-state index in [2.05, 4.69) is 0 Å². The van der Waals surface area contributed by atoms with Crippen molar-refractivity contribution >= 4 is 5.78 Å². The van der Waals surface area contributed by atoms with Crippen molar-refractivity contribution < 1.29 is 19.3 Å². The Morgan fingerprint density at radius 2 is 1.95 bits per heavy atom. The molecule has 0 bridgehead atoms. The summed E-state index contributed by atoms with van der Waals surface area (Å²) >= 11 is 0. The van der Waals surface area contributed by atoms with Gasteiger partial charge in [-0.3, -0.25) is 4.79 Å².